The molecule has 1 amide bonds. The van der Waals surface area contributed by atoms with E-state index in [2.05, 4.69) is 40.7 Å². The van der Waals surface area contributed by atoms with Gasteiger partial charge in [-0.25, -0.2) is 8.42 Å². The molecule has 8 heteroatoms. The normalized spacial score (nSPS) is 22.0. The SMILES string of the molecule is Cc1cccc(CCNC(=O)c2cccc(NC3=N[C@H]4CS(=O)(=O)C[C@@H]4S3)c2)c1. The first-order chi connectivity index (χ1) is 13.9. The number of aryl methyl sites for hydroxylation is 1. The van der Waals surface area contributed by atoms with Crippen molar-refractivity contribution in [3.8, 4) is 0 Å². The van der Waals surface area contributed by atoms with Gasteiger partial charge in [-0.15, -0.1) is 0 Å². The van der Waals surface area contributed by atoms with Crippen molar-refractivity contribution in [3.05, 3.63) is 65.2 Å². The van der Waals surface area contributed by atoms with E-state index in [4.69, 9.17) is 0 Å². The van der Waals surface area contributed by atoms with Gasteiger partial charge in [-0.05, 0) is 37.1 Å². The summed E-state index contributed by atoms with van der Waals surface area (Å²) in [5, 5.41) is 6.89. The Labute approximate surface area is 175 Å². The van der Waals surface area contributed by atoms with Crippen molar-refractivity contribution < 1.29 is 13.2 Å². The molecule has 1 saturated heterocycles. The third kappa shape index (κ3) is 5.00. The zero-order valence-electron chi connectivity index (χ0n) is 16.1. The van der Waals surface area contributed by atoms with Crippen LogP contribution in [0.15, 0.2) is 53.5 Å². The predicted octanol–water partition coefficient (Wildman–Crippen LogP) is 2.65. The number of thioether (sulfide) groups is 1. The first-order valence-electron chi connectivity index (χ1n) is 9.54. The average Bonchev–Trinajstić information content (AvgIpc) is 3.14. The van der Waals surface area contributed by atoms with Crippen LogP contribution >= 0.6 is 11.8 Å². The van der Waals surface area contributed by atoms with Gasteiger partial charge >= 0.3 is 0 Å². The summed E-state index contributed by atoms with van der Waals surface area (Å²) in [5.41, 5.74) is 3.75. The number of sulfone groups is 1. The van der Waals surface area contributed by atoms with Crippen LogP contribution in [-0.2, 0) is 16.3 Å². The van der Waals surface area contributed by atoms with Gasteiger partial charge in [0.1, 0.15) is 0 Å². The molecule has 0 unspecified atom stereocenters. The first kappa shape index (κ1) is 20.0. The fourth-order valence-corrected chi connectivity index (χ4v) is 7.24. The molecule has 152 valence electrons. The number of hydrogen-bond donors (Lipinski definition) is 2. The van der Waals surface area contributed by atoms with Crippen LogP contribution in [0.1, 0.15) is 21.5 Å². The van der Waals surface area contributed by atoms with Gasteiger partial charge in [0.15, 0.2) is 15.0 Å². The predicted molar refractivity (Wildman–Crippen MR) is 119 cm³/mol. The van der Waals surface area contributed by atoms with Gasteiger partial charge in [0.25, 0.3) is 5.91 Å². The molecule has 0 saturated carbocycles. The van der Waals surface area contributed by atoms with E-state index in [1.807, 2.05) is 18.2 Å². The van der Waals surface area contributed by atoms with Crippen LogP contribution in [-0.4, -0.2) is 48.8 Å². The van der Waals surface area contributed by atoms with Gasteiger partial charge in [0.2, 0.25) is 0 Å². The number of carbonyl (C=O) groups excluding carboxylic acids is 1. The number of amidine groups is 1. The number of rotatable bonds is 5. The minimum absolute atomic E-state index is 0.00407. The highest BCUT2D eigenvalue weighted by molar-refractivity contribution is 8.15. The number of nitrogens with one attached hydrogen (secondary N) is 2. The van der Waals surface area contributed by atoms with Crippen molar-refractivity contribution in [1.29, 1.82) is 0 Å². The summed E-state index contributed by atoms with van der Waals surface area (Å²) in [6, 6.07) is 15.4. The van der Waals surface area contributed by atoms with E-state index >= 15 is 0 Å². The minimum Gasteiger partial charge on any atom is -0.352 e. The molecule has 29 heavy (non-hydrogen) atoms. The Balaban J connectivity index is 1.33. The lowest BCUT2D eigenvalue weighted by molar-refractivity contribution is 0.0954. The van der Waals surface area contributed by atoms with Crippen molar-refractivity contribution in [2.45, 2.75) is 24.6 Å². The highest BCUT2D eigenvalue weighted by atomic mass is 32.2. The van der Waals surface area contributed by atoms with Gasteiger partial charge in [0.05, 0.1) is 17.5 Å². The molecular formula is C21H23N3O3S2. The summed E-state index contributed by atoms with van der Waals surface area (Å²) in [6.45, 7) is 2.62. The zero-order valence-corrected chi connectivity index (χ0v) is 17.7. The van der Waals surface area contributed by atoms with Gasteiger partial charge in [-0.2, -0.15) is 0 Å². The Morgan fingerprint density at radius 3 is 2.79 bits per heavy atom. The minimum atomic E-state index is -2.96. The van der Waals surface area contributed by atoms with Crippen LogP contribution in [0.4, 0.5) is 5.69 Å². The standard InChI is InChI=1S/C21H23N3O3S2/c1-14-4-2-5-15(10-14)8-9-22-20(25)16-6-3-7-17(11-16)23-21-24-18-12-29(26,27)13-19(18)28-21/h2-7,10-11,18-19H,8-9,12-13H2,1H3,(H,22,25)(H,23,24)/t18-,19-/m0/s1. The van der Waals surface area contributed by atoms with Crippen LogP contribution < -0.4 is 10.6 Å². The summed E-state index contributed by atoms with van der Waals surface area (Å²) in [6.07, 6.45) is 0.782. The Kier molecular flexibility index (Phi) is 5.65. The molecule has 2 N–H and O–H groups in total. The summed E-state index contributed by atoms with van der Waals surface area (Å²) in [4.78, 5) is 17.0. The topological polar surface area (TPSA) is 87.6 Å². The second kappa shape index (κ2) is 8.20. The van der Waals surface area contributed by atoms with Crippen LogP contribution in [0.3, 0.4) is 0 Å². The Bertz CT molecular complexity index is 1070. The number of amides is 1. The highest BCUT2D eigenvalue weighted by Gasteiger charge is 2.42. The molecule has 0 radical (unpaired) electrons. The monoisotopic (exact) mass is 429 g/mol. The van der Waals surface area contributed by atoms with Crippen molar-refractivity contribution in [2.24, 2.45) is 4.99 Å². The van der Waals surface area contributed by atoms with Gasteiger partial charge in [-0.3, -0.25) is 9.79 Å². The number of nitrogens with zero attached hydrogens (tertiary/aromatic N) is 1. The van der Waals surface area contributed by atoms with Gasteiger partial charge < -0.3 is 10.6 Å². The fraction of sp³-hybridized carbons (Fsp3) is 0.333. The zero-order chi connectivity index (χ0) is 20.4. The summed E-state index contributed by atoms with van der Waals surface area (Å²) < 4.78 is 23.3. The molecule has 2 aromatic carbocycles. The Hall–Kier alpha value is -2.32. The van der Waals surface area contributed by atoms with E-state index in [9.17, 15) is 13.2 Å². The number of anilines is 1. The van der Waals surface area contributed by atoms with Crippen LogP contribution in [0.25, 0.3) is 0 Å². The van der Waals surface area contributed by atoms with Crippen LogP contribution in [0, 0.1) is 6.92 Å². The highest BCUT2D eigenvalue weighted by Crippen LogP contribution is 2.34. The molecule has 0 spiro atoms. The molecule has 1 fully saturated rings. The maximum Gasteiger partial charge on any atom is 0.251 e. The summed E-state index contributed by atoms with van der Waals surface area (Å²) in [5.74, 6) is 0.185. The lowest BCUT2D eigenvalue weighted by Crippen LogP contribution is -2.25. The first-order valence-corrected chi connectivity index (χ1v) is 12.2. The molecule has 4 rings (SSSR count). The van der Waals surface area contributed by atoms with Crippen molar-refractivity contribution >= 4 is 38.4 Å². The second-order valence-corrected chi connectivity index (χ2v) is 10.8. The molecule has 2 aromatic rings. The molecule has 2 atom stereocenters. The van der Waals surface area contributed by atoms with E-state index < -0.39 is 9.84 Å². The van der Waals surface area contributed by atoms with E-state index in [0.717, 1.165) is 12.1 Å². The Morgan fingerprint density at radius 1 is 1.17 bits per heavy atom. The molecule has 0 aromatic heterocycles. The number of aliphatic imine (C=N–C) groups is 1. The summed E-state index contributed by atoms with van der Waals surface area (Å²) >= 11 is 1.46. The van der Waals surface area contributed by atoms with E-state index in [1.165, 1.54) is 22.9 Å². The molecule has 2 heterocycles. The second-order valence-electron chi connectivity index (χ2n) is 7.44. The van der Waals surface area contributed by atoms with E-state index in [1.54, 1.807) is 12.1 Å². The van der Waals surface area contributed by atoms with E-state index in [0.29, 0.717) is 17.3 Å². The third-order valence-corrected chi connectivity index (χ3v) is 8.12. The lowest BCUT2D eigenvalue weighted by Gasteiger charge is -2.10. The summed E-state index contributed by atoms with van der Waals surface area (Å²) in [7, 11) is -2.96. The number of fused-ring (bicyclic) bond motifs is 1. The molecule has 6 nitrogen and oxygen atoms in total. The molecular weight excluding hydrogens is 406 g/mol. The maximum atomic E-state index is 12.5. The fourth-order valence-electron chi connectivity index (χ4n) is 3.57. The maximum absolute atomic E-state index is 12.5. The molecule has 2 aliphatic heterocycles. The largest absolute Gasteiger partial charge is 0.352 e. The number of carbonyl (C=O) groups is 1. The number of hydrogen-bond acceptors (Lipinski definition) is 6. The number of benzene rings is 2. The van der Waals surface area contributed by atoms with Gasteiger partial charge in [-0.1, -0.05) is 47.7 Å². The lowest BCUT2D eigenvalue weighted by atomic mass is 10.1. The molecule has 2 aliphatic rings. The van der Waals surface area contributed by atoms with Crippen molar-refractivity contribution in [1.82, 2.24) is 5.32 Å². The third-order valence-electron chi connectivity index (χ3n) is 4.98. The molecule has 0 aliphatic carbocycles. The van der Waals surface area contributed by atoms with Crippen molar-refractivity contribution in [3.63, 3.8) is 0 Å². The smallest absolute Gasteiger partial charge is 0.251 e. The molecule has 0 bridgehead atoms. The average molecular weight is 430 g/mol. The van der Waals surface area contributed by atoms with Crippen molar-refractivity contribution in [2.75, 3.05) is 23.4 Å². The van der Waals surface area contributed by atoms with Crippen LogP contribution in [0.5, 0.6) is 0 Å². The quantitative estimate of drug-likeness (QED) is 0.763. The van der Waals surface area contributed by atoms with E-state index in [-0.39, 0.29) is 28.7 Å². The van der Waals surface area contributed by atoms with Gasteiger partial charge in [0, 0.05) is 23.0 Å². The Morgan fingerprint density at radius 2 is 2.00 bits per heavy atom. The van der Waals surface area contributed by atoms with Crippen LogP contribution in [0.2, 0.25) is 0 Å².